The Kier molecular flexibility index (Phi) is 2.40. The lowest BCUT2D eigenvalue weighted by Crippen LogP contribution is -2.26. The second kappa shape index (κ2) is 3.54. The van der Waals surface area contributed by atoms with Crippen LogP contribution < -0.4 is 5.32 Å². The van der Waals surface area contributed by atoms with Crippen molar-refractivity contribution < 1.29 is 4.42 Å². The molecule has 0 radical (unpaired) electrons. The molecule has 72 valence electrons. The molecular weight excluding hydrogens is 162 g/mol. The zero-order valence-electron chi connectivity index (χ0n) is 8.39. The third-order valence-electron chi connectivity index (χ3n) is 2.71. The molecule has 0 amide bonds. The van der Waals surface area contributed by atoms with Crippen molar-refractivity contribution in [3.8, 4) is 0 Å². The summed E-state index contributed by atoms with van der Waals surface area (Å²) < 4.78 is 5.69. The molecule has 1 saturated heterocycles. The predicted molar refractivity (Wildman–Crippen MR) is 52.8 cm³/mol. The van der Waals surface area contributed by atoms with Crippen molar-refractivity contribution in [1.29, 1.82) is 0 Å². The molecule has 1 aromatic heterocycles. The summed E-state index contributed by atoms with van der Waals surface area (Å²) in [7, 11) is 0. The fourth-order valence-electron chi connectivity index (χ4n) is 2.08. The zero-order chi connectivity index (χ0) is 9.26. The van der Waals surface area contributed by atoms with E-state index in [1.54, 1.807) is 0 Å². The van der Waals surface area contributed by atoms with Gasteiger partial charge in [0.15, 0.2) is 0 Å². The molecule has 1 fully saturated rings. The molecule has 0 spiro atoms. The summed E-state index contributed by atoms with van der Waals surface area (Å²) in [5, 5.41) is 3.50. The standard InChI is InChI=1S/C11H17NO/c1-8-7-9(2)13-11(8)10-5-3-4-6-12-10/h7,10,12H,3-6H2,1-2H3. The van der Waals surface area contributed by atoms with Crippen LogP contribution in [0.5, 0.6) is 0 Å². The van der Waals surface area contributed by atoms with E-state index in [1.165, 1.54) is 24.8 Å². The van der Waals surface area contributed by atoms with Gasteiger partial charge in [0.1, 0.15) is 11.5 Å². The van der Waals surface area contributed by atoms with Crippen LogP contribution in [0.3, 0.4) is 0 Å². The van der Waals surface area contributed by atoms with Crippen LogP contribution in [0.1, 0.15) is 42.4 Å². The quantitative estimate of drug-likeness (QED) is 0.717. The molecular formula is C11H17NO. The minimum atomic E-state index is 0.461. The lowest BCUT2D eigenvalue weighted by Gasteiger charge is -2.22. The zero-order valence-corrected chi connectivity index (χ0v) is 8.39. The van der Waals surface area contributed by atoms with Crippen LogP contribution >= 0.6 is 0 Å². The smallest absolute Gasteiger partial charge is 0.123 e. The summed E-state index contributed by atoms with van der Waals surface area (Å²) in [5.74, 6) is 2.18. The molecule has 1 aromatic rings. The van der Waals surface area contributed by atoms with Crippen LogP contribution in [0.25, 0.3) is 0 Å². The molecule has 0 bridgehead atoms. The average molecular weight is 179 g/mol. The first-order valence-electron chi connectivity index (χ1n) is 5.07. The fourth-order valence-corrected chi connectivity index (χ4v) is 2.08. The van der Waals surface area contributed by atoms with E-state index in [2.05, 4.69) is 18.3 Å². The van der Waals surface area contributed by atoms with Crippen molar-refractivity contribution >= 4 is 0 Å². The molecule has 1 atom stereocenters. The SMILES string of the molecule is Cc1cc(C)c(C2CCCCN2)o1. The van der Waals surface area contributed by atoms with E-state index in [0.29, 0.717) is 6.04 Å². The highest BCUT2D eigenvalue weighted by Crippen LogP contribution is 2.27. The minimum Gasteiger partial charge on any atom is -0.464 e. The summed E-state index contributed by atoms with van der Waals surface area (Å²) in [5.41, 5.74) is 1.29. The van der Waals surface area contributed by atoms with E-state index in [4.69, 9.17) is 4.42 Å². The van der Waals surface area contributed by atoms with Crippen molar-refractivity contribution in [2.45, 2.75) is 39.2 Å². The maximum Gasteiger partial charge on any atom is 0.123 e. The molecule has 0 aliphatic carbocycles. The highest BCUT2D eigenvalue weighted by Gasteiger charge is 2.19. The monoisotopic (exact) mass is 179 g/mol. The third-order valence-corrected chi connectivity index (χ3v) is 2.71. The van der Waals surface area contributed by atoms with Crippen LogP contribution in [0.4, 0.5) is 0 Å². The number of piperidine rings is 1. The van der Waals surface area contributed by atoms with Gasteiger partial charge in [0.25, 0.3) is 0 Å². The van der Waals surface area contributed by atoms with Gasteiger partial charge in [-0.1, -0.05) is 6.42 Å². The molecule has 1 unspecified atom stereocenters. The van der Waals surface area contributed by atoms with Crippen molar-refractivity contribution in [1.82, 2.24) is 5.32 Å². The first kappa shape index (κ1) is 8.82. The number of rotatable bonds is 1. The molecule has 2 rings (SSSR count). The van der Waals surface area contributed by atoms with Crippen LogP contribution in [0.15, 0.2) is 10.5 Å². The Labute approximate surface area is 79.3 Å². The molecule has 1 N–H and O–H groups in total. The van der Waals surface area contributed by atoms with E-state index in [1.807, 2.05) is 6.92 Å². The predicted octanol–water partition coefficient (Wildman–Crippen LogP) is 2.71. The highest BCUT2D eigenvalue weighted by atomic mass is 16.3. The Morgan fingerprint density at radius 1 is 1.38 bits per heavy atom. The first-order valence-corrected chi connectivity index (χ1v) is 5.07. The number of furan rings is 1. The van der Waals surface area contributed by atoms with Crippen molar-refractivity contribution in [3.63, 3.8) is 0 Å². The highest BCUT2D eigenvalue weighted by molar-refractivity contribution is 5.22. The number of nitrogens with one attached hydrogen (secondary N) is 1. The number of aryl methyl sites for hydroxylation is 2. The lowest BCUT2D eigenvalue weighted by molar-refractivity contribution is 0.341. The van der Waals surface area contributed by atoms with Crippen molar-refractivity contribution in [2.75, 3.05) is 6.54 Å². The van der Waals surface area contributed by atoms with Crippen LogP contribution in [0, 0.1) is 13.8 Å². The number of hydrogen-bond acceptors (Lipinski definition) is 2. The van der Waals surface area contributed by atoms with Gasteiger partial charge in [0, 0.05) is 0 Å². The molecule has 1 aliphatic heterocycles. The molecule has 1 aliphatic rings. The Morgan fingerprint density at radius 3 is 2.77 bits per heavy atom. The van der Waals surface area contributed by atoms with Gasteiger partial charge in [-0.05, 0) is 44.9 Å². The fraction of sp³-hybridized carbons (Fsp3) is 0.636. The van der Waals surface area contributed by atoms with E-state index in [0.717, 1.165) is 18.1 Å². The van der Waals surface area contributed by atoms with Gasteiger partial charge in [-0.15, -0.1) is 0 Å². The van der Waals surface area contributed by atoms with Gasteiger partial charge in [0.2, 0.25) is 0 Å². The van der Waals surface area contributed by atoms with E-state index < -0.39 is 0 Å². The van der Waals surface area contributed by atoms with Gasteiger partial charge < -0.3 is 9.73 Å². The molecule has 0 saturated carbocycles. The van der Waals surface area contributed by atoms with E-state index in [-0.39, 0.29) is 0 Å². The Bertz CT molecular complexity index is 284. The van der Waals surface area contributed by atoms with Gasteiger partial charge in [0.05, 0.1) is 6.04 Å². The van der Waals surface area contributed by atoms with Gasteiger partial charge in [-0.3, -0.25) is 0 Å². The maximum atomic E-state index is 5.69. The Morgan fingerprint density at radius 2 is 2.23 bits per heavy atom. The normalized spacial score (nSPS) is 23.4. The summed E-state index contributed by atoms with van der Waals surface area (Å²) in [6.45, 7) is 5.27. The molecule has 13 heavy (non-hydrogen) atoms. The second-order valence-electron chi connectivity index (χ2n) is 3.91. The second-order valence-corrected chi connectivity index (χ2v) is 3.91. The summed E-state index contributed by atoms with van der Waals surface area (Å²) in [6.07, 6.45) is 3.83. The maximum absolute atomic E-state index is 5.69. The molecule has 0 aromatic carbocycles. The van der Waals surface area contributed by atoms with Gasteiger partial charge >= 0.3 is 0 Å². The van der Waals surface area contributed by atoms with Crippen LogP contribution in [-0.2, 0) is 0 Å². The molecule has 2 heteroatoms. The molecule has 2 heterocycles. The lowest BCUT2D eigenvalue weighted by atomic mass is 10.0. The van der Waals surface area contributed by atoms with Crippen molar-refractivity contribution in [3.05, 3.63) is 23.2 Å². The average Bonchev–Trinajstić information content (AvgIpc) is 2.47. The number of hydrogen-bond donors (Lipinski definition) is 1. The van der Waals surface area contributed by atoms with E-state index in [9.17, 15) is 0 Å². The van der Waals surface area contributed by atoms with Gasteiger partial charge in [-0.25, -0.2) is 0 Å². The third kappa shape index (κ3) is 1.78. The summed E-state index contributed by atoms with van der Waals surface area (Å²) in [6, 6.07) is 2.58. The van der Waals surface area contributed by atoms with Crippen LogP contribution in [0.2, 0.25) is 0 Å². The first-order chi connectivity index (χ1) is 6.27. The molecule has 2 nitrogen and oxygen atoms in total. The largest absolute Gasteiger partial charge is 0.464 e. The van der Waals surface area contributed by atoms with Gasteiger partial charge in [-0.2, -0.15) is 0 Å². The van der Waals surface area contributed by atoms with Crippen LogP contribution in [-0.4, -0.2) is 6.54 Å². The Hall–Kier alpha value is -0.760. The summed E-state index contributed by atoms with van der Waals surface area (Å²) >= 11 is 0. The van der Waals surface area contributed by atoms with E-state index >= 15 is 0 Å². The summed E-state index contributed by atoms with van der Waals surface area (Å²) in [4.78, 5) is 0. The minimum absolute atomic E-state index is 0.461. The Balaban J connectivity index is 2.18. The van der Waals surface area contributed by atoms with Crippen molar-refractivity contribution in [2.24, 2.45) is 0 Å². The topological polar surface area (TPSA) is 25.2 Å².